The maximum Gasteiger partial charge on any atom is 0.243 e. The number of benzene rings is 2. The summed E-state index contributed by atoms with van der Waals surface area (Å²) in [6.45, 7) is 2.54. The van der Waals surface area contributed by atoms with Crippen molar-refractivity contribution in [2.45, 2.75) is 63.3 Å². The summed E-state index contributed by atoms with van der Waals surface area (Å²) in [6, 6.07) is 9.30. The summed E-state index contributed by atoms with van der Waals surface area (Å²) in [6.07, 6.45) is 8.99. The van der Waals surface area contributed by atoms with Gasteiger partial charge in [0.15, 0.2) is 0 Å². The molecule has 0 spiro atoms. The van der Waals surface area contributed by atoms with Crippen molar-refractivity contribution in [3.8, 4) is 0 Å². The number of carbonyl (C=O) groups excluding carboxylic acids is 2. The Morgan fingerprint density at radius 2 is 1.70 bits per heavy atom. The van der Waals surface area contributed by atoms with E-state index in [1.54, 1.807) is 49.7 Å². The highest BCUT2D eigenvalue weighted by atomic mass is 35.5. The van der Waals surface area contributed by atoms with Crippen LogP contribution >= 0.6 is 46.4 Å². The molecule has 0 saturated heterocycles. The molecule has 0 aliphatic heterocycles. The number of rotatable bonds is 9. The van der Waals surface area contributed by atoms with Crippen molar-refractivity contribution in [2.24, 2.45) is 10.9 Å². The summed E-state index contributed by atoms with van der Waals surface area (Å²) in [7, 11) is 1.62. The molecule has 200 valence electrons. The molecule has 0 bridgehead atoms. The number of amides is 2. The average Bonchev–Trinajstić information content (AvgIpc) is 3.62. The minimum absolute atomic E-state index is 0.210. The second-order valence-corrected chi connectivity index (χ2v) is 11.3. The molecule has 2 aliphatic carbocycles. The van der Waals surface area contributed by atoms with Gasteiger partial charge in [-0.2, -0.15) is 0 Å². The normalized spacial score (nSPS) is 16.8. The Morgan fingerprint density at radius 3 is 2.19 bits per heavy atom. The van der Waals surface area contributed by atoms with E-state index in [2.05, 4.69) is 22.5 Å². The van der Waals surface area contributed by atoms with Crippen LogP contribution in [0.3, 0.4) is 0 Å². The molecule has 0 aromatic heterocycles. The molecule has 4 rings (SSSR count). The summed E-state index contributed by atoms with van der Waals surface area (Å²) in [5.41, 5.74) is 0.636. The van der Waals surface area contributed by atoms with Crippen LogP contribution in [0.4, 0.5) is 0 Å². The lowest BCUT2D eigenvalue weighted by Gasteiger charge is -2.23. The van der Waals surface area contributed by atoms with Crippen LogP contribution in [0, 0.1) is 5.92 Å². The highest BCUT2D eigenvalue weighted by molar-refractivity contribution is 6.35. The molecule has 2 saturated carbocycles. The lowest BCUT2D eigenvalue weighted by molar-refractivity contribution is -0.130. The Balaban J connectivity index is 0.000000555. The lowest BCUT2D eigenvalue weighted by Crippen LogP contribution is -2.51. The standard InChI is InChI=1S/C22H21Cl4N3O2.C6H12/c1-27-8-9-28-20(30)19(10-13-2-3-14(23)11-17(13)25)29-21(31)22(6-7-22)16-5-4-15(24)12-18(16)26;1-2-6-4-3-5-6/h2-5,8,11-12,19H,6-7,9-10H2,1H3,(H,28,30)(H,29,31);6H,2-5H2,1H3. The van der Waals surface area contributed by atoms with Crippen LogP contribution in [0.15, 0.2) is 41.4 Å². The fourth-order valence-electron chi connectivity index (χ4n) is 4.30. The monoisotopic (exact) mass is 583 g/mol. The van der Waals surface area contributed by atoms with Gasteiger partial charge in [-0.1, -0.05) is 91.1 Å². The molecule has 2 N–H and O–H groups in total. The highest BCUT2D eigenvalue weighted by Crippen LogP contribution is 2.51. The number of carbonyl (C=O) groups is 2. The summed E-state index contributed by atoms with van der Waals surface area (Å²) in [5.74, 6) is 0.522. The van der Waals surface area contributed by atoms with Crippen LogP contribution in [0.1, 0.15) is 56.6 Å². The average molecular weight is 585 g/mol. The third-order valence-electron chi connectivity index (χ3n) is 7.04. The van der Waals surface area contributed by atoms with Crippen molar-refractivity contribution < 1.29 is 9.59 Å². The van der Waals surface area contributed by atoms with Crippen LogP contribution < -0.4 is 10.6 Å². The third-order valence-corrected chi connectivity index (χ3v) is 8.18. The van der Waals surface area contributed by atoms with Gasteiger partial charge in [-0.15, -0.1) is 0 Å². The number of hydrogen-bond acceptors (Lipinski definition) is 3. The van der Waals surface area contributed by atoms with Crippen LogP contribution in [-0.4, -0.2) is 37.7 Å². The van der Waals surface area contributed by atoms with E-state index in [-0.39, 0.29) is 24.8 Å². The van der Waals surface area contributed by atoms with Crippen LogP contribution in [0.2, 0.25) is 20.1 Å². The zero-order valence-corrected chi connectivity index (χ0v) is 24.2. The fraction of sp³-hybridized carbons (Fsp3) is 0.464. The van der Waals surface area contributed by atoms with Crippen molar-refractivity contribution in [1.82, 2.24) is 10.6 Å². The molecule has 2 amide bonds. The molecule has 5 nitrogen and oxygen atoms in total. The van der Waals surface area contributed by atoms with Crippen LogP contribution in [0.25, 0.3) is 0 Å². The SMILES string of the molecule is CCC1CCC1.CN=CCNC(=O)C(Cc1ccc(Cl)cc1Cl)NC(=O)C1(c2ccc(Cl)cc2Cl)CC1. The van der Waals surface area contributed by atoms with E-state index in [0.717, 1.165) is 5.92 Å². The largest absolute Gasteiger partial charge is 0.349 e. The smallest absolute Gasteiger partial charge is 0.243 e. The molecule has 37 heavy (non-hydrogen) atoms. The van der Waals surface area contributed by atoms with Gasteiger partial charge < -0.3 is 10.6 Å². The van der Waals surface area contributed by atoms with Gasteiger partial charge in [0, 0.05) is 39.8 Å². The maximum atomic E-state index is 13.3. The Morgan fingerprint density at radius 1 is 1.05 bits per heavy atom. The van der Waals surface area contributed by atoms with Gasteiger partial charge >= 0.3 is 0 Å². The van der Waals surface area contributed by atoms with Gasteiger partial charge in [0.1, 0.15) is 6.04 Å². The van der Waals surface area contributed by atoms with Gasteiger partial charge in [0.05, 0.1) is 12.0 Å². The van der Waals surface area contributed by atoms with Crippen molar-refractivity contribution in [3.63, 3.8) is 0 Å². The van der Waals surface area contributed by atoms with Crippen molar-refractivity contribution in [3.05, 3.63) is 67.6 Å². The predicted molar refractivity (Wildman–Crippen MR) is 155 cm³/mol. The van der Waals surface area contributed by atoms with E-state index in [0.29, 0.717) is 44.1 Å². The first-order valence-corrected chi connectivity index (χ1v) is 14.1. The summed E-state index contributed by atoms with van der Waals surface area (Å²) in [4.78, 5) is 30.0. The first-order chi connectivity index (χ1) is 17.7. The topological polar surface area (TPSA) is 70.6 Å². The molecule has 9 heteroatoms. The Labute approximate surface area is 239 Å². The van der Waals surface area contributed by atoms with Gasteiger partial charge in [0.25, 0.3) is 0 Å². The Bertz CT molecular complexity index is 1130. The van der Waals surface area contributed by atoms with E-state index in [1.165, 1.54) is 25.7 Å². The minimum Gasteiger partial charge on any atom is -0.349 e. The maximum absolute atomic E-state index is 13.3. The summed E-state index contributed by atoms with van der Waals surface area (Å²) >= 11 is 24.6. The summed E-state index contributed by atoms with van der Waals surface area (Å²) in [5, 5.41) is 7.50. The van der Waals surface area contributed by atoms with Gasteiger partial charge in [-0.3, -0.25) is 14.6 Å². The second-order valence-electron chi connectivity index (χ2n) is 9.56. The Hall–Kier alpha value is -1.79. The van der Waals surface area contributed by atoms with E-state index in [9.17, 15) is 9.59 Å². The van der Waals surface area contributed by atoms with Crippen LogP contribution in [0.5, 0.6) is 0 Å². The number of hydrogen-bond donors (Lipinski definition) is 2. The number of aliphatic imine (C=N–C) groups is 1. The number of halogens is 4. The molecule has 1 unspecified atom stereocenters. The Kier molecular flexibility index (Phi) is 11.1. The molecule has 1 atom stereocenters. The minimum atomic E-state index is -0.833. The van der Waals surface area contributed by atoms with Gasteiger partial charge in [0.2, 0.25) is 11.8 Å². The van der Waals surface area contributed by atoms with Crippen molar-refractivity contribution in [1.29, 1.82) is 0 Å². The zero-order valence-electron chi connectivity index (χ0n) is 21.1. The molecule has 0 heterocycles. The van der Waals surface area contributed by atoms with E-state index >= 15 is 0 Å². The first kappa shape index (κ1) is 29.8. The summed E-state index contributed by atoms with van der Waals surface area (Å²) < 4.78 is 0. The molecule has 2 aromatic carbocycles. The number of nitrogens with one attached hydrogen (secondary N) is 2. The number of nitrogens with zero attached hydrogens (tertiary/aromatic N) is 1. The third kappa shape index (κ3) is 8.10. The van der Waals surface area contributed by atoms with Gasteiger partial charge in [-0.25, -0.2) is 0 Å². The molecular weight excluding hydrogens is 552 g/mol. The highest BCUT2D eigenvalue weighted by Gasteiger charge is 2.53. The van der Waals surface area contributed by atoms with E-state index in [4.69, 9.17) is 46.4 Å². The fourth-order valence-corrected chi connectivity index (χ4v) is 5.37. The van der Waals surface area contributed by atoms with Gasteiger partial charge in [-0.05, 0) is 54.2 Å². The molecule has 2 aromatic rings. The lowest BCUT2D eigenvalue weighted by atomic mass is 9.84. The molecule has 2 fully saturated rings. The predicted octanol–water partition coefficient (Wildman–Crippen LogP) is 7.07. The van der Waals surface area contributed by atoms with Crippen molar-refractivity contribution in [2.75, 3.05) is 13.6 Å². The first-order valence-electron chi connectivity index (χ1n) is 12.6. The van der Waals surface area contributed by atoms with E-state index in [1.807, 2.05) is 0 Å². The molecule has 0 radical (unpaired) electrons. The quantitative estimate of drug-likeness (QED) is 0.309. The van der Waals surface area contributed by atoms with Crippen molar-refractivity contribution >= 4 is 64.4 Å². The molecule has 2 aliphatic rings. The van der Waals surface area contributed by atoms with Crippen LogP contribution in [-0.2, 0) is 21.4 Å². The molecular formula is C28H33Cl4N3O2. The second kappa shape index (κ2) is 13.8. The zero-order chi connectivity index (χ0) is 27.0. The van der Waals surface area contributed by atoms with E-state index < -0.39 is 11.5 Å².